The number of carbonyl (C=O) groups excluding carboxylic acids is 8. The molecule has 16 nitrogen and oxygen atoms in total. The maximum atomic E-state index is 13.4. The highest BCUT2D eigenvalue weighted by molar-refractivity contribution is 6.12. The van der Waals surface area contributed by atoms with Crippen LogP contribution in [0, 0.1) is 5.92 Å². The number of urea groups is 1. The van der Waals surface area contributed by atoms with Gasteiger partial charge in [-0.2, -0.15) is 0 Å². The van der Waals surface area contributed by atoms with Crippen LogP contribution in [0.5, 0.6) is 0 Å². The zero-order valence-corrected chi connectivity index (χ0v) is 29.5. The molecule has 1 aliphatic rings. The molecule has 1 rings (SSSR count). The van der Waals surface area contributed by atoms with Crippen LogP contribution in [0.25, 0.3) is 0 Å². The van der Waals surface area contributed by atoms with E-state index in [1.165, 1.54) is 24.0 Å². The molecule has 17 heteroatoms. The number of imide groups is 1. The molecule has 0 spiro atoms. The van der Waals surface area contributed by atoms with E-state index in [-0.39, 0.29) is 55.0 Å². The molecule has 0 aromatic carbocycles. The standard InChI is InChI=1S/C32H55BN8O8/c1-20(2)28(31(48)39-24(12-10-17-36-32(34)49)29(46)37-21(3)19-33)40-30(47)23(38-22(4)42)11-7-8-16-35-25(43)13-6-5-9-18-41-26(44)14-15-27(41)45/h14-15,20-21,23-24,28H,5-13,16-19,33H2,1-4H3,(H,35,43)(H,37,46)(H,38,42)(H,39,48)(H,40,47)(H3,34,36,49)/t21-,23+,24+,28?/m1/s1. The number of nitrogens with two attached hydrogens (primary N) is 1. The van der Waals surface area contributed by atoms with Crippen molar-refractivity contribution >= 4 is 55.2 Å². The molecular weight excluding hydrogens is 635 g/mol. The lowest BCUT2D eigenvalue weighted by atomic mass is 9.98. The number of amides is 9. The van der Waals surface area contributed by atoms with Crippen molar-refractivity contribution in [3.05, 3.63) is 12.2 Å². The van der Waals surface area contributed by atoms with Gasteiger partial charge in [-0.05, 0) is 57.8 Å². The van der Waals surface area contributed by atoms with Crippen LogP contribution in [0.4, 0.5) is 4.79 Å². The van der Waals surface area contributed by atoms with E-state index in [0.29, 0.717) is 64.4 Å². The number of primary amides is 1. The van der Waals surface area contributed by atoms with Gasteiger partial charge < -0.3 is 37.6 Å². The van der Waals surface area contributed by atoms with E-state index < -0.39 is 41.9 Å². The fourth-order valence-corrected chi connectivity index (χ4v) is 4.97. The van der Waals surface area contributed by atoms with Crippen molar-refractivity contribution in [1.29, 1.82) is 0 Å². The average Bonchev–Trinajstić information content (AvgIpc) is 3.35. The molecule has 0 aliphatic carbocycles. The molecular formula is C32H55BN8O8. The highest BCUT2D eigenvalue weighted by Crippen LogP contribution is 2.10. The van der Waals surface area contributed by atoms with E-state index in [1.807, 2.05) is 14.8 Å². The first kappa shape index (κ1) is 42.6. The number of rotatable bonds is 24. The minimum Gasteiger partial charge on any atom is -0.356 e. The van der Waals surface area contributed by atoms with Crippen LogP contribution in [0.3, 0.4) is 0 Å². The summed E-state index contributed by atoms with van der Waals surface area (Å²) in [5.74, 6) is -3.03. The topological polar surface area (TPSA) is 238 Å². The Hall–Kier alpha value is -4.44. The summed E-state index contributed by atoms with van der Waals surface area (Å²) in [5.41, 5.74) is 5.11. The van der Waals surface area contributed by atoms with Crippen molar-refractivity contribution in [3.63, 3.8) is 0 Å². The Balaban J connectivity index is 2.61. The van der Waals surface area contributed by atoms with Crippen LogP contribution in [-0.2, 0) is 33.6 Å². The number of carbonyl (C=O) groups is 8. The molecule has 1 unspecified atom stereocenters. The molecule has 0 aromatic rings. The Morgan fingerprint density at radius 3 is 1.92 bits per heavy atom. The molecule has 0 aromatic heterocycles. The summed E-state index contributed by atoms with van der Waals surface area (Å²) in [6.07, 6.45) is 7.30. The van der Waals surface area contributed by atoms with Gasteiger partial charge in [0.05, 0.1) is 0 Å². The van der Waals surface area contributed by atoms with Crippen LogP contribution in [-0.4, -0.2) is 104 Å². The highest BCUT2D eigenvalue weighted by Gasteiger charge is 2.31. The lowest BCUT2D eigenvalue weighted by Gasteiger charge is -2.28. The summed E-state index contributed by atoms with van der Waals surface area (Å²) < 4.78 is 0. The van der Waals surface area contributed by atoms with Gasteiger partial charge in [-0.1, -0.05) is 26.6 Å². The molecule has 0 saturated carbocycles. The van der Waals surface area contributed by atoms with Gasteiger partial charge >= 0.3 is 6.03 Å². The smallest absolute Gasteiger partial charge is 0.312 e. The number of nitrogens with one attached hydrogen (secondary N) is 6. The Kier molecular flexibility index (Phi) is 20.0. The van der Waals surface area contributed by atoms with Crippen LogP contribution in [0.15, 0.2) is 12.2 Å². The van der Waals surface area contributed by atoms with Gasteiger partial charge in [-0.15, -0.1) is 0 Å². The third-order valence-corrected chi connectivity index (χ3v) is 7.97. The molecule has 1 aliphatic heterocycles. The number of hydrogen-bond acceptors (Lipinski definition) is 8. The Morgan fingerprint density at radius 1 is 0.735 bits per heavy atom. The number of unbranched alkanes of at least 4 members (excludes halogenated alkanes) is 3. The van der Waals surface area contributed by atoms with E-state index in [9.17, 15) is 38.4 Å². The summed E-state index contributed by atoms with van der Waals surface area (Å²) in [7, 11) is 1.91. The summed E-state index contributed by atoms with van der Waals surface area (Å²) in [6.45, 7) is 7.55. The highest BCUT2D eigenvalue weighted by atomic mass is 16.2. The monoisotopic (exact) mass is 690 g/mol. The van der Waals surface area contributed by atoms with Crippen LogP contribution in [0.2, 0.25) is 6.32 Å². The molecule has 9 amide bonds. The van der Waals surface area contributed by atoms with Crippen molar-refractivity contribution in [2.45, 2.75) is 116 Å². The summed E-state index contributed by atoms with van der Waals surface area (Å²) in [6, 6.07) is -3.66. The zero-order valence-electron chi connectivity index (χ0n) is 29.5. The van der Waals surface area contributed by atoms with E-state index in [4.69, 9.17) is 5.73 Å². The maximum absolute atomic E-state index is 13.4. The minimum atomic E-state index is -1.00. The van der Waals surface area contributed by atoms with Crippen molar-refractivity contribution in [3.8, 4) is 0 Å². The second kappa shape index (κ2) is 23.0. The van der Waals surface area contributed by atoms with Crippen LogP contribution in [0.1, 0.15) is 85.5 Å². The molecule has 0 saturated heterocycles. The summed E-state index contributed by atoms with van der Waals surface area (Å²) in [4.78, 5) is 99.1. The van der Waals surface area contributed by atoms with Gasteiger partial charge in [-0.25, -0.2) is 4.79 Å². The molecule has 0 fully saturated rings. The predicted molar refractivity (Wildman–Crippen MR) is 185 cm³/mol. The molecule has 8 N–H and O–H groups in total. The average molecular weight is 691 g/mol. The Labute approximate surface area is 289 Å². The van der Waals surface area contributed by atoms with Crippen molar-refractivity contribution in [2.75, 3.05) is 19.6 Å². The Bertz CT molecular complexity index is 1180. The van der Waals surface area contributed by atoms with Gasteiger partial charge in [0.2, 0.25) is 29.5 Å². The fraction of sp³-hybridized carbons (Fsp3) is 0.688. The van der Waals surface area contributed by atoms with Gasteiger partial charge in [0.25, 0.3) is 11.8 Å². The molecule has 1 heterocycles. The first-order chi connectivity index (χ1) is 23.2. The predicted octanol–water partition coefficient (Wildman–Crippen LogP) is -1.11. The number of hydrogen-bond donors (Lipinski definition) is 7. The van der Waals surface area contributed by atoms with E-state index in [0.717, 1.165) is 0 Å². The van der Waals surface area contributed by atoms with Crippen LogP contribution >= 0.6 is 0 Å². The van der Waals surface area contributed by atoms with E-state index in [2.05, 4.69) is 31.9 Å². The normalized spacial score (nSPS) is 14.8. The molecule has 274 valence electrons. The zero-order chi connectivity index (χ0) is 36.9. The lowest BCUT2D eigenvalue weighted by Crippen LogP contribution is -2.58. The second-order valence-electron chi connectivity index (χ2n) is 12.6. The van der Waals surface area contributed by atoms with Gasteiger partial charge in [0.15, 0.2) is 0 Å². The minimum absolute atomic E-state index is 0.126. The van der Waals surface area contributed by atoms with Crippen LogP contribution < -0.4 is 37.6 Å². The van der Waals surface area contributed by atoms with Gasteiger partial charge in [0, 0.05) is 51.2 Å². The van der Waals surface area contributed by atoms with Crippen molar-refractivity contribution in [2.24, 2.45) is 11.7 Å². The maximum Gasteiger partial charge on any atom is 0.312 e. The van der Waals surface area contributed by atoms with Gasteiger partial charge in [0.1, 0.15) is 26.0 Å². The third-order valence-electron chi connectivity index (χ3n) is 7.97. The van der Waals surface area contributed by atoms with Crippen molar-refractivity contribution < 1.29 is 38.4 Å². The second-order valence-corrected chi connectivity index (χ2v) is 12.6. The quantitative estimate of drug-likeness (QED) is 0.0372. The summed E-state index contributed by atoms with van der Waals surface area (Å²) in [5, 5.41) is 16.2. The molecule has 0 radical (unpaired) electrons. The molecule has 49 heavy (non-hydrogen) atoms. The van der Waals surface area contributed by atoms with E-state index in [1.54, 1.807) is 13.8 Å². The first-order valence-electron chi connectivity index (χ1n) is 17.2. The lowest BCUT2D eigenvalue weighted by molar-refractivity contribution is -0.137. The van der Waals surface area contributed by atoms with Gasteiger partial charge in [-0.3, -0.25) is 38.5 Å². The van der Waals surface area contributed by atoms with Crippen molar-refractivity contribution in [1.82, 2.24) is 36.8 Å². The molecule has 4 atom stereocenters. The van der Waals surface area contributed by atoms with E-state index >= 15 is 0 Å². The number of nitrogens with zero attached hydrogens (tertiary/aromatic N) is 1. The SMILES string of the molecule is BC[C@@H](C)NC(=O)[C@H](CCCNC(N)=O)NC(=O)C(NC(=O)[C@H](CCCCNC(=O)CCCCCN1C(=O)C=CC1=O)NC(C)=O)C(C)C. The Morgan fingerprint density at radius 2 is 1.33 bits per heavy atom. The first-order valence-corrected chi connectivity index (χ1v) is 17.2. The fourth-order valence-electron chi connectivity index (χ4n) is 4.97. The summed E-state index contributed by atoms with van der Waals surface area (Å²) >= 11 is 0. The third kappa shape index (κ3) is 17.5. The largest absolute Gasteiger partial charge is 0.356 e. The molecule has 0 bridgehead atoms.